The van der Waals surface area contributed by atoms with Crippen LogP contribution in [0.3, 0.4) is 0 Å². The van der Waals surface area contributed by atoms with Gasteiger partial charge in [0.15, 0.2) is 5.78 Å². The second kappa shape index (κ2) is 7.61. The van der Waals surface area contributed by atoms with Crippen LogP contribution in [0.1, 0.15) is 27.8 Å². The molecule has 0 aromatic heterocycles. The molecular weight excluding hydrogens is 370 g/mol. The van der Waals surface area contributed by atoms with Crippen LogP contribution in [0.15, 0.2) is 71.7 Å². The summed E-state index contributed by atoms with van der Waals surface area (Å²) in [7, 11) is 0. The Hall–Kier alpha value is -2.91. The SMILES string of the molecule is Cc1ccccc1CC1N=C(c2ccc(O)cc2)c2cc(Cl)ccc2CC1=O. The maximum absolute atomic E-state index is 13.0. The van der Waals surface area contributed by atoms with Gasteiger partial charge in [-0.15, -0.1) is 0 Å². The summed E-state index contributed by atoms with van der Waals surface area (Å²) in [5.41, 5.74) is 5.67. The number of ketones is 1. The number of aromatic hydroxyl groups is 1. The Morgan fingerprint density at radius 3 is 2.57 bits per heavy atom. The van der Waals surface area contributed by atoms with Gasteiger partial charge in [-0.3, -0.25) is 9.79 Å². The molecule has 1 aliphatic heterocycles. The van der Waals surface area contributed by atoms with Gasteiger partial charge in [-0.05, 0) is 60.0 Å². The average Bonchev–Trinajstić information content (AvgIpc) is 2.81. The van der Waals surface area contributed by atoms with Crippen molar-refractivity contribution in [1.82, 2.24) is 0 Å². The number of carbonyl (C=O) groups excluding carboxylic acids is 1. The van der Waals surface area contributed by atoms with E-state index < -0.39 is 6.04 Å². The van der Waals surface area contributed by atoms with Crippen molar-refractivity contribution in [2.45, 2.75) is 25.8 Å². The standard InChI is InChI=1S/C24H20ClNO2/c1-15-4-2-3-5-17(15)12-22-23(28)13-18-6-9-19(25)14-21(18)24(26-22)16-7-10-20(27)11-8-16/h2-11,14,22,27H,12-13H2,1H3. The maximum Gasteiger partial charge on any atom is 0.162 e. The molecule has 3 nitrogen and oxygen atoms in total. The van der Waals surface area contributed by atoms with E-state index in [0.29, 0.717) is 17.9 Å². The highest BCUT2D eigenvalue weighted by atomic mass is 35.5. The molecule has 1 aliphatic rings. The number of nitrogens with zero attached hydrogens (tertiary/aromatic N) is 1. The number of carbonyl (C=O) groups is 1. The Kier molecular flexibility index (Phi) is 5.01. The van der Waals surface area contributed by atoms with E-state index in [-0.39, 0.29) is 11.5 Å². The van der Waals surface area contributed by atoms with Crippen molar-refractivity contribution in [3.05, 3.63) is 99.6 Å². The Labute approximate surface area is 169 Å². The van der Waals surface area contributed by atoms with E-state index in [1.165, 1.54) is 0 Å². The molecule has 0 aliphatic carbocycles. The van der Waals surface area contributed by atoms with E-state index in [0.717, 1.165) is 33.5 Å². The molecule has 1 N–H and O–H groups in total. The van der Waals surface area contributed by atoms with Crippen LogP contribution >= 0.6 is 11.6 Å². The molecule has 28 heavy (non-hydrogen) atoms. The number of rotatable bonds is 3. The molecule has 0 radical (unpaired) electrons. The number of phenols is 1. The minimum Gasteiger partial charge on any atom is -0.508 e. The van der Waals surface area contributed by atoms with Crippen molar-refractivity contribution in [1.29, 1.82) is 0 Å². The van der Waals surface area contributed by atoms with Crippen LogP contribution in [-0.4, -0.2) is 22.6 Å². The second-order valence-corrected chi connectivity index (χ2v) is 7.55. The third-order valence-electron chi connectivity index (χ3n) is 5.16. The number of phenolic OH excluding ortho intramolecular Hbond substituents is 1. The number of hydrogen-bond acceptors (Lipinski definition) is 3. The van der Waals surface area contributed by atoms with Crippen molar-refractivity contribution in [2.75, 3.05) is 0 Å². The van der Waals surface area contributed by atoms with E-state index in [9.17, 15) is 9.90 Å². The Morgan fingerprint density at radius 1 is 1.07 bits per heavy atom. The molecule has 0 saturated heterocycles. The monoisotopic (exact) mass is 389 g/mol. The van der Waals surface area contributed by atoms with Crippen molar-refractivity contribution < 1.29 is 9.90 Å². The molecule has 0 bridgehead atoms. The predicted octanol–water partition coefficient (Wildman–Crippen LogP) is 4.93. The Bertz CT molecular complexity index is 1070. The summed E-state index contributed by atoms with van der Waals surface area (Å²) < 4.78 is 0. The fourth-order valence-electron chi connectivity index (χ4n) is 3.58. The fraction of sp³-hybridized carbons (Fsp3) is 0.167. The van der Waals surface area contributed by atoms with E-state index >= 15 is 0 Å². The van der Waals surface area contributed by atoms with Gasteiger partial charge in [0.25, 0.3) is 0 Å². The molecule has 140 valence electrons. The zero-order chi connectivity index (χ0) is 19.7. The highest BCUT2D eigenvalue weighted by molar-refractivity contribution is 6.31. The van der Waals surface area contributed by atoms with Crippen LogP contribution in [0.2, 0.25) is 5.02 Å². The topological polar surface area (TPSA) is 49.7 Å². The van der Waals surface area contributed by atoms with Gasteiger partial charge >= 0.3 is 0 Å². The van der Waals surface area contributed by atoms with E-state index in [1.807, 2.05) is 48.5 Å². The highest BCUT2D eigenvalue weighted by Crippen LogP contribution is 2.27. The molecule has 3 aromatic rings. The van der Waals surface area contributed by atoms with Crippen molar-refractivity contribution in [3.8, 4) is 5.75 Å². The third kappa shape index (κ3) is 3.71. The number of hydrogen-bond donors (Lipinski definition) is 1. The first-order valence-electron chi connectivity index (χ1n) is 9.24. The van der Waals surface area contributed by atoms with Crippen LogP contribution in [0.25, 0.3) is 0 Å². The van der Waals surface area contributed by atoms with Gasteiger partial charge < -0.3 is 5.11 Å². The van der Waals surface area contributed by atoms with Gasteiger partial charge in [-0.2, -0.15) is 0 Å². The first-order valence-corrected chi connectivity index (χ1v) is 9.62. The van der Waals surface area contributed by atoms with Crippen molar-refractivity contribution in [3.63, 3.8) is 0 Å². The summed E-state index contributed by atoms with van der Waals surface area (Å²) in [5.74, 6) is 0.289. The molecule has 0 saturated carbocycles. The first kappa shape index (κ1) is 18.5. The quantitative estimate of drug-likeness (QED) is 0.690. The molecule has 1 unspecified atom stereocenters. The number of halogens is 1. The minimum atomic E-state index is -0.462. The molecule has 0 amide bonds. The van der Waals surface area contributed by atoms with Gasteiger partial charge in [-0.25, -0.2) is 0 Å². The smallest absolute Gasteiger partial charge is 0.162 e. The highest BCUT2D eigenvalue weighted by Gasteiger charge is 2.26. The summed E-state index contributed by atoms with van der Waals surface area (Å²) in [5, 5.41) is 10.3. The van der Waals surface area contributed by atoms with Crippen LogP contribution < -0.4 is 0 Å². The molecule has 0 spiro atoms. The lowest BCUT2D eigenvalue weighted by molar-refractivity contribution is -0.119. The third-order valence-corrected chi connectivity index (χ3v) is 5.40. The summed E-state index contributed by atoms with van der Waals surface area (Å²) in [6.45, 7) is 2.05. The number of Topliss-reactive ketones (excluding diaryl/α,β-unsaturated/α-hetero) is 1. The van der Waals surface area contributed by atoms with Crippen molar-refractivity contribution >= 4 is 23.1 Å². The molecule has 3 aromatic carbocycles. The van der Waals surface area contributed by atoms with E-state index in [2.05, 4.69) is 13.0 Å². The lowest BCUT2D eigenvalue weighted by atomic mass is 9.94. The summed E-state index contributed by atoms with van der Waals surface area (Å²) >= 11 is 6.25. The summed E-state index contributed by atoms with van der Waals surface area (Å²) in [4.78, 5) is 17.9. The van der Waals surface area contributed by atoms with Crippen LogP contribution in [0, 0.1) is 6.92 Å². The average molecular weight is 390 g/mol. The number of aliphatic imine (C=N–C) groups is 1. The van der Waals surface area contributed by atoms with Gasteiger partial charge in [0.05, 0.1) is 5.71 Å². The fourth-order valence-corrected chi connectivity index (χ4v) is 3.75. The van der Waals surface area contributed by atoms with Gasteiger partial charge in [0.1, 0.15) is 11.8 Å². The molecule has 1 heterocycles. The maximum atomic E-state index is 13.0. The number of benzene rings is 3. The Morgan fingerprint density at radius 2 is 1.82 bits per heavy atom. The lowest BCUT2D eigenvalue weighted by Crippen LogP contribution is -2.23. The normalized spacial score (nSPS) is 16.3. The van der Waals surface area contributed by atoms with Gasteiger partial charge in [0, 0.05) is 29.0 Å². The van der Waals surface area contributed by atoms with E-state index in [4.69, 9.17) is 16.6 Å². The molecule has 4 heteroatoms. The first-order chi connectivity index (χ1) is 13.5. The molecule has 0 fully saturated rings. The van der Waals surface area contributed by atoms with Crippen molar-refractivity contribution in [2.24, 2.45) is 4.99 Å². The molecule has 1 atom stereocenters. The number of aryl methyl sites for hydroxylation is 1. The number of fused-ring (bicyclic) bond motifs is 1. The van der Waals surface area contributed by atoms with Crippen LogP contribution in [-0.2, 0) is 17.6 Å². The summed E-state index contributed by atoms with van der Waals surface area (Å²) in [6.07, 6.45) is 0.892. The predicted molar refractivity (Wildman–Crippen MR) is 113 cm³/mol. The van der Waals surface area contributed by atoms with E-state index in [1.54, 1.807) is 12.1 Å². The largest absolute Gasteiger partial charge is 0.508 e. The lowest BCUT2D eigenvalue weighted by Gasteiger charge is -2.13. The zero-order valence-corrected chi connectivity index (χ0v) is 16.3. The minimum absolute atomic E-state index is 0.0978. The zero-order valence-electron chi connectivity index (χ0n) is 15.5. The Balaban J connectivity index is 1.84. The molecular formula is C24H20ClNO2. The second-order valence-electron chi connectivity index (χ2n) is 7.12. The van der Waals surface area contributed by atoms with Gasteiger partial charge in [0.2, 0.25) is 0 Å². The van der Waals surface area contributed by atoms with Crippen LogP contribution in [0.5, 0.6) is 5.75 Å². The van der Waals surface area contributed by atoms with Crippen LogP contribution in [0.4, 0.5) is 0 Å². The van der Waals surface area contributed by atoms with Gasteiger partial charge in [-0.1, -0.05) is 41.9 Å². The summed E-state index contributed by atoms with van der Waals surface area (Å²) in [6, 6.07) is 20.1. The molecule has 4 rings (SSSR count).